The summed E-state index contributed by atoms with van der Waals surface area (Å²) in [5, 5.41) is 11.2. The van der Waals surface area contributed by atoms with Crippen LogP contribution in [0.3, 0.4) is 0 Å². The van der Waals surface area contributed by atoms with Crippen molar-refractivity contribution in [1.82, 2.24) is 0 Å². The molecule has 0 unspecified atom stereocenters. The van der Waals surface area contributed by atoms with E-state index in [9.17, 15) is 4.91 Å². The number of nitrogen functional groups attached to an aromatic ring is 1. The molecule has 0 saturated carbocycles. The molecule has 1 rings (SSSR count). The van der Waals surface area contributed by atoms with E-state index in [2.05, 4.69) is 5.18 Å². The number of nitrogens with zero attached hydrogens (tertiary/aromatic N) is 2. The molecule has 0 radical (unpaired) electrons. The SMILES string of the molecule is N#Cc1c(N)cccc1N=O. The molecule has 0 aliphatic rings. The standard InChI is InChI=1S/C7H5N3O/c8-4-5-6(9)2-1-3-7(5)10-11/h1-3H,9H2. The Morgan fingerprint density at radius 1 is 1.55 bits per heavy atom. The average Bonchev–Trinajstić information content (AvgIpc) is 2.04. The van der Waals surface area contributed by atoms with E-state index in [4.69, 9.17) is 11.0 Å². The molecule has 0 fully saturated rings. The molecule has 1 aromatic rings. The van der Waals surface area contributed by atoms with Gasteiger partial charge in [0.15, 0.2) is 0 Å². The first kappa shape index (κ1) is 7.22. The number of nitrogens with two attached hydrogens (primary N) is 1. The summed E-state index contributed by atoms with van der Waals surface area (Å²) < 4.78 is 0. The van der Waals surface area contributed by atoms with Gasteiger partial charge < -0.3 is 5.73 Å². The summed E-state index contributed by atoms with van der Waals surface area (Å²) in [6, 6.07) is 6.37. The van der Waals surface area contributed by atoms with Gasteiger partial charge in [0.2, 0.25) is 0 Å². The van der Waals surface area contributed by atoms with Crippen LogP contribution in [0.15, 0.2) is 23.4 Å². The number of nitriles is 1. The van der Waals surface area contributed by atoms with Crippen LogP contribution in [-0.2, 0) is 0 Å². The summed E-state index contributed by atoms with van der Waals surface area (Å²) in [5.41, 5.74) is 5.90. The van der Waals surface area contributed by atoms with Crippen LogP contribution in [0.4, 0.5) is 11.4 Å². The zero-order valence-electron chi connectivity index (χ0n) is 5.61. The van der Waals surface area contributed by atoms with Crippen LogP contribution in [-0.4, -0.2) is 0 Å². The summed E-state index contributed by atoms with van der Waals surface area (Å²) >= 11 is 0. The molecule has 0 spiro atoms. The first-order chi connectivity index (χ1) is 5.29. The fourth-order valence-electron chi connectivity index (χ4n) is 0.755. The molecule has 0 bridgehead atoms. The maximum Gasteiger partial charge on any atom is 0.127 e. The highest BCUT2D eigenvalue weighted by Crippen LogP contribution is 2.22. The number of hydrogen-bond donors (Lipinski definition) is 1. The molecule has 0 atom stereocenters. The van der Waals surface area contributed by atoms with E-state index >= 15 is 0 Å². The van der Waals surface area contributed by atoms with Gasteiger partial charge in [-0.2, -0.15) is 5.26 Å². The van der Waals surface area contributed by atoms with Crippen molar-refractivity contribution in [2.24, 2.45) is 5.18 Å². The first-order valence-electron chi connectivity index (χ1n) is 2.91. The Morgan fingerprint density at radius 2 is 2.27 bits per heavy atom. The van der Waals surface area contributed by atoms with E-state index in [-0.39, 0.29) is 16.9 Å². The maximum atomic E-state index is 10.1. The van der Waals surface area contributed by atoms with E-state index in [0.29, 0.717) is 0 Å². The lowest BCUT2D eigenvalue weighted by molar-refractivity contribution is 1.43. The smallest absolute Gasteiger partial charge is 0.127 e. The van der Waals surface area contributed by atoms with Crippen LogP contribution in [0.2, 0.25) is 0 Å². The third-order valence-corrected chi connectivity index (χ3v) is 1.28. The van der Waals surface area contributed by atoms with Gasteiger partial charge in [0.25, 0.3) is 0 Å². The summed E-state index contributed by atoms with van der Waals surface area (Å²) in [6.07, 6.45) is 0. The molecular formula is C7H5N3O. The maximum absolute atomic E-state index is 10.1. The molecule has 0 amide bonds. The van der Waals surface area contributed by atoms with Crippen molar-refractivity contribution < 1.29 is 0 Å². The van der Waals surface area contributed by atoms with Crippen LogP contribution < -0.4 is 5.73 Å². The third-order valence-electron chi connectivity index (χ3n) is 1.28. The van der Waals surface area contributed by atoms with E-state index in [0.717, 1.165) is 0 Å². The normalized spacial score (nSPS) is 8.64. The predicted octanol–water partition coefficient (Wildman–Crippen LogP) is 1.54. The molecule has 4 nitrogen and oxygen atoms in total. The lowest BCUT2D eigenvalue weighted by atomic mass is 10.1. The van der Waals surface area contributed by atoms with Crippen molar-refractivity contribution in [2.75, 3.05) is 5.73 Å². The first-order valence-corrected chi connectivity index (χ1v) is 2.91. The van der Waals surface area contributed by atoms with E-state index in [1.165, 1.54) is 6.07 Å². The second-order valence-electron chi connectivity index (χ2n) is 1.94. The Kier molecular flexibility index (Phi) is 1.83. The molecule has 0 saturated heterocycles. The van der Waals surface area contributed by atoms with Gasteiger partial charge in [0, 0.05) is 0 Å². The van der Waals surface area contributed by atoms with Crippen molar-refractivity contribution in [1.29, 1.82) is 5.26 Å². The van der Waals surface area contributed by atoms with Crippen molar-refractivity contribution in [3.8, 4) is 6.07 Å². The van der Waals surface area contributed by atoms with Gasteiger partial charge in [-0.1, -0.05) is 6.07 Å². The predicted molar refractivity (Wildman–Crippen MR) is 41.0 cm³/mol. The molecular weight excluding hydrogens is 142 g/mol. The number of nitroso groups, excluding NO2 is 1. The number of anilines is 1. The van der Waals surface area contributed by atoms with Gasteiger partial charge in [-0.05, 0) is 17.3 Å². The highest BCUT2D eigenvalue weighted by molar-refractivity contribution is 5.66. The molecule has 2 N–H and O–H groups in total. The molecule has 54 valence electrons. The van der Waals surface area contributed by atoms with Crippen LogP contribution in [0.5, 0.6) is 0 Å². The Bertz CT molecular complexity index is 327. The molecule has 0 aliphatic carbocycles. The van der Waals surface area contributed by atoms with Gasteiger partial charge >= 0.3 is 0 Å². The Hall–Kier alpha value is -1.89. The minimum atomic E-state index is 0.0903. The van der Waals surface area contributed by atoms with E-state index in [1.54, 1.807) is 18.2 Å². The lowest BCUT2D eigenvalue weighted by Gasteiger charge is -1.96. The molecule has 1 aromatic carbocycles. The molecule has 0 heterocycles. The molecule has 4 heteroatoms. The molecule has 0 aliphatic heterocycles. The lowest BCUT2D eigenvalue weighted by Crippen LogP contribution is -1.88. The number of benzene rings is 1. The van der Waals surface area contributed by atoms with E-state index < -0.39 is 0 Å². The topological polar surface area (TPSA) is 79.2 Å². The van der Waals surface area contributed by atoms with E-state index in [1.807, 2.05) is 0 Å². The van der Waals surface area contributed by atoms with Gasteiger partial charge in [-0.25, -0.2) is 0 Å². The second-order valence-corrected chi connectivity index (χ2v) is 1.94. The highest BCUT2D eigenvalue weighted by atomic mass is 16.3. The zero-order chi connectivity index (χ0) is 8.27. The Morgan fingerprint density at radius 3 is 2.73 bits per heavy atom. The highest BCUT2D eigenvalue weighted by Gasteiger charge is 2.03. The fraction of sp³-hybridized carbons (Fsp3) is 0. The molecule has 11 heavy (non-hydrogen) atoms. The minimum absolute atomic E-state index is 0.0903. The largest absolute Gasteiger partial charge is 0.398 e. The van der Waals surface area contributed by atoms with Gasteiger partial charge in [-0.3, -0.25) is 0 Å². The van der Waals surface area contributed by atoms with Gasteiger partial charge in [0.1, 0.15) is 17.3 Å². The van der Waals surface area contributed by atoms with Crippen LogP contribution in [0, 0.1) is 16.2 Å². The fourth-order valence-corrected chi connectivity index (χ4v) is 0.755. The summed E-state index contributed by atoms with van der Waals surface area (Å²) in [5.74, 6) is 0. The van der Waals surface area contributed by atoms with Crippen molar-refractivity contribution in [3.63, 3.8) is 0 Å². The Labute approximate surface area is 63.2 Å². The van der Waals surface area contributed by atoms with Crippen molar-refractivity contribution in [3.05, 3.63) is 28.7 Å². The molecule has 0 aromatic heterocycles. The minimum Gasteiger partial charge on any atom is -0.398 e. The number of hydrogen-bond acceptors (Lipinski definition) is 4. The van der Waals surface area contributed by atoms with Crippen LogP contribution in [0.1, 0.15) is 5.56 Å². The number of rotatable bonds is 1. The second kappa shape index (κ2) is 2.80. The summed E-state index contributed by atoms with van der Waals surface area (Å²) in [7, 11) is 0. The monoisotopic (exact) mass is 147 g/mol. The van der Waals surface area contributed by atoms with Crippen LogP contribution in [0.25, 0.3) is 0 Å². The Balaban J connectivity index is 3.38. The summed E-state index contributed by atoms with van der Waals surface area (Å²) in [6.45, 7) is 0. The van der Waals surface area contributed by atoms with Crippen molar-refractivity contribution in [2.45, 2.75) is 0 Å². The quantitative estimate of drug-likeness (QED) is 0.483. The third kappa shape index (κ3) is 1.17. The van der Waals surface area contributed by atoms with Gasteiger partial charge in [0.05, 0.1) is 5.69 Å². The van der Waals surface area contributed by atoms with Crippen LogP contribution >= 0.6 is 0 Å². The van der Waals surface area contributed by atoms with Crippen molar-refractivity contribution >= 4 is 11.4 Å². The van der Waals surface area contributed by atoms with Gasteiger partial charge in [-0.15, -0.1) is 4.91 Å². The average molecular weight is 147 g/mol. The zero-order valence-corrected chi connectivity index (χ0v) is 5.61. The summed E-state index contributed by atoms with van der Waals surface area (Å²) in [4.78, 5) is 10.1.